The highest BCUT2D eigenvalue weighted by Gasteiger charge is 2.17. The van der Waals surface area contributed by atoms with Crippen LogP contribution in [0.3, 0.4) is 0 Å². The van der Waals surface area contributed by atoms with E-state index in [9.17, 15) is 9.59 Å². The van der Waals surface area contributed by atoms with E-state index in [1.54, 1.807) is 34.2 Å². The Morgan fingerprint density at radius 3 is 2.41 bits per heavy atom. The number of benzene rings is 2. The van der Waals surface area contributed by atoms with Crippen LogP contribution in [0.15, 0.2) is 65.4 Å². The smallest absolute Gasteiger partial charge is 0.269 e. The predicted molar refractivity (Wildman–Crippen MR) is 134 cm³/mol. The Labute approximate surface area is 203 Å². The van der Waals surface area contributed by atoms with Crippen LogP contribution in [0.25, 0.3) is 27.0 Å². The average molecular weight is 489 g/mol. The van der Waals surface area contributed by atoms with Gasteiger partial charge in [-0.25, -0.2) is 4.98 Å². The van der Waals surface area contributed by atoms with Crippen molar-refractivity contribution in [1.29, 1.82) is 0 Å². The first-order valence-electron chi connectivity index (χ1n) is 10.5. The molecule has 0 radical (unpaired) electrons. The number of hydrogen-bond acceptors (Lipinski definition) is 7. The van der Waals surface area contributed by atoms with Crippen LogP contribution in [0.1, 0.15) is 21.5 Å². The summed E-state index contributed by atoms with van der Waals surface area (Å²) in [6, 6.07) is 15.4. The van der Waals surface area contributed by atoms with Gasteiger partial charge in [0.15, 0.2) is 10.8 Å². The van der Waals surface area contributed by atoms with Crippen molar-refractivity contribution in [3.63, 3.8) is 0 Å². The van der Waals surface area contributed by atoms with E-state index in [0.717, 1.165) is 26.9 Å². The molecule has 0 spiro atoms. The highest BCUT2D eigenvalue weighted by atomic mass is 32.2. The molecule has 5 rings (SSSR count). The molecular weight excluding hydrogens is 468 g/mol. The number of carbonyl (C=O) groups is 2. The third-order valence-electron chi connectivity index (χ3n) is 5.27. The van der Waals surface area contributed by atoms with Gasteiger partial charge < -0.3 is 0 Å². The van der Waals surface area contributed by atoms with Gasteiger partial charge in [-0.3, -0.25) is 24.8 Å². The minimum absolute atomic E-state index is 0.0570. The standard InChI is InChI=1S/C24H20N6O2S2/c1-14-3-7-16(8-4-14)18-11-33-23-20(18)21-27-29-24(30(21)13-25-23)34-12-19(31)26-28-22(32)17-9-5-15(2)6-10-17/h3-11,13H,12H2,1-2H3,(H,26,31)(H,28,32). The zero-order valence-electron chi connectivity index (χ0n) is 18.4. The van der Waals surface area contributed by atoms with E-state index in [2.05, 4.69) is 62.6 Å². The summed E-state index contributed by atoms with van der Waals surface area (Å²) in [6.45, 7) is 4.00. The zero-order valence-corrected chi connectivity index (χ0v) is 20.0. The number of nitrogens with one attached hydrogen (secondary N) is 2. The number of hydrogen-bond donors (Lipinski definition) is 2. The molecule has 5 aromatic rings. The third-order valence-corrected chi connectivity index (χ3v) is 7.10. The summed E-state index contributed by atoms with van der Waals surface area (Å²) in [4.78, 5) is 29.9. The lowest BCUT2D eigenvalue weighted by molar-refractivity contribution is -0.119. The van der Waals surface area contributed by atoms with Crippen LogP contribution in [-0.4, -0.2) is 37.1 Å². The van der Waals surface area contributed by atoms with Crippen molar-refractivity contribution in [1.82, 2.24) is 30.4 Å². The number of rotatable bonds is 5. The number of amides is 2. The first-order valence-corrected chi connectivity index (χ1v) is 12.3. The first kappa shape index (κ1) is 22.1. The summed E-state index contributed by atoms with van der Waals surface area (Å²) in [5, 5.41) is 12.2. The van der Waals surface area contributed by atoms with E-state index in [-0.39, 0.29) is 17.6 Å². The topological polar surface area (TPSA) is 101 Å². The second-order valence-electron chi connectivity index (χ2n) is 7.77. The van der Waals surface area contributed by atoms with Gasteiger partial charge in [-0.15, -0.1) is 21.5 Å². The van der Waals surface area contributed by atoms with Gasteiger partial charge in [0.1, 0.15) is 11.2 Å². The number of nitrogens with zero attached hydrogens (tertiary/aromatic N) is 4. The van der Waals surface area contributed by atoms with Crippen LogP contribution in [0, 0.1) is 13.8 Å². The Kier molecular flexibility index (Phi) is 5.99. The largest absolute Gasteiger partial charge is 0.272 e. The minimum Gasteiger partial charge on any atom is -0.272 e. The van der Waals surface area contributed by atoms with E-state index in [1.807, 2.05) is 19.1 Å². The monoisotopic (exact) mass is 488 g/mol. The van der Waals surface area contributed by atoms with Crippen LogP contribution in [0.5, 0.6) is 0 Å². The van der Waals surface area contributed by atoms with Gasteiger partial charge >= 0.3 is 0 Å². The molecule has 0 unspecified atom stereocenters. The highest BCUT2D eigenvalue weighted by Crippen LogP contribution is 2.35. The van der Waals surface area contributed by atoms with E-state index in [4.69, 9.17) is 0 Å². The molecule has 10 heteroatoms. The molecule has 2 aromatic carbocycles. The molecule has 170 valence electrons. The van der Waals surface area contributed by atoms with Crippen molar-refractivity contribution in [2.45, 2.75) is 19.0 Å². The Bertz CT molecular complexity index is 1510. The van der Waals surface area contributed by atoms with Crippen molar-refractivity contribution < 1.29 is 9.59 Å². The summed E-state index contributed by atoms with van der Waals surface area (Å²) in [5.41, 5.74) is 10.4. The molecule has 0 aliphatic heterocycles. The lowest BCUT2D eigenvalue weighted by atomic mass is 10.0. The normalized spacial score (nSPS) is 11.1. The molecular formula is C24H20N6O2S2. The summed E-state index contributed by atoms with van der Waals surface area (Å²) in [7, 11) is 0. The van der Waals surface area contributed by atoms with Gasteiger partial charge in [0.25, 0.3) is 5.91 Å². The van der Waals surface area contributed by atoms with Gasteiger partial charge in [-0.2, -0.15) is 0 Å². The lowest BCUT2D eigenvalue weighted by Crippen LogP contribution is -2.42. The summed E-state index contributed by atoms with van der Waals surface area (Å²) < 4.78 is 1.79. The van der Waals surface area contributed by atoms with Crippen LogP contribution >= 0.6 is 23.1 Å². The van der Waals surface area contributed by atoms with Crippen LogP contribution in [-0.2, 0) is 4.79 Å². The number of carbonyl (C=O) groups excluding carboxylic acids is 2. The third kappa shape index (κ3) is 4.37. The van der Waals surface area contributed by atoms with E-state index >= 15 is 0 Å². The number of thiophene rings is 1. The molecule has 0 saturated carbocycles. The fraction of sp³-hybridized carbons (Fsp3) is 0.125. The maximum Gasteiger partial charge on any atom is 0.269 e. The fourth-order valence-corrected chi connectivity index (χ4v) is 5.05. The van der Waals surface area contributed by atoms with Crippen molar-refractivity contribution in [3.05, 3.63) is 76.9 Å². The zero-order chi connectivity index (χ0) is 23.7. The minimum atomic E-state index is -0.376. The molecule has 3 aromatic heterocycles. The van der Waals surface area contributed by atoms with Gasteiger partial charge in [0.2, 0.25) is 5.91 Å². The van der Waals surface area contributed by atoms with Crippen molar-refractivity contribution in [3.8, 4) is 11.1 Å². The maximum atomic E-state index is 12.3. The van der Waals surface area contributed by atoms with E-state index in [1.165, 1.54) is 17.3 Å². The number of fused-ring (bicyclic) bond motifs is 3. The lowest BCUT2D eigenvalue weighted by Gasteiger charge is -2.07. The van der Waals surface area contributed by atoms with Gasteiger partial charge in [0, 0.05) is 16.5 Å². The molecule has 0 aliphatic rings. The van der Waals surface area contributed by atoms with Gasteiger partial charge in [-0.1, -0.05) is 59.3 Å². The van der Waals surface area contributed by atoms with Crippen molar-refractivity contribution in [2.24, 2.45) is 0 Å². The maximum absolute atomic E-state index is 12.3. The molecule has 8 nitrogen and oxygen atoms in total. The van der Waals surface area contributed by atoms with Gasteiger partial charge in [0.05, 0.1) is 11.1 Å². The first-order chi connectivity index (χ1) is 16.5. The fourth-order valence-electron chi connectivity index (χ4n) is 3.43. The molecule has 34 heavy (non-hydrogen) atoms. The second-order valence-corrected chi connectivity index (χ2v) is 9.57. The average Bonchev–Trinajstić information content (AvgIpc) is 3.46. The van der Waals surface area contributed by atoms with Gasteiger partial charge in [-0.05, 0) is 31.5 Å². The molecule has 0 fully saturated rings. The summed E-state index contributed by atoms with van der Waals surface area (Å²) in [6.07, 6.45) is 1.67. The Balaban J connectivity index is 1.30. The van der Waals surface area contributed by atoms with Crippen LogP contribution in [0.2, 0.25) is 0 Å². The second kappa shape index (κ2) is 9.24. The molecule has 0 saturated heterocycles. The Hall–Kier alpha value is -3.76. The molecule has 0 aliphatic carbocycles. The Morgan fingerprint density at radius 2 is 1.68 bits per heavy atom. The van der Waals surface area contributed by atoms with Crippen LogP contribution in [0.4, 0.5) is 0 Å². The molecule has 2 N–H and O–H groups in total. The van der Waals surface area contributed by atoms with Crippen LogP contribution < -0.4 is 10.9 Å². The SMILES string of the molecule is Cc1ccc(C(=O)NNC(=O)CSc2nnc3c4c(-c5ccc(C)cc5)csc4ncn23)cc1. The Morgan fingerprint density at radius 1 is 0.971 bits per heavy atom. The number of thioether (sulfide) groups is 1. The molecule has 0 atom stereocenters. The highest BCUT2D eigenvalue weighted by molar-refractivity contribution is 7.99. The number of aryl methyl sites for hydroxylation is 2. The van der Waals surface area contributed by atoms with Crippen molar-refractivity contribution >= 4 is 50.8 Å². The van der Waals surface area contributed by atoms with E-state index < -0.39 is 0 Å². The van der Waals surface area contributed by atoms with E-state index in [0.29, 0.717) is 16.4 Å². The summed E-state index contributed by atoms with van der Waals surface area (Å²) in [5.74, 6) is -0.673. The number of hydrazine groups is 1. The molecule has 2 amide bonds. The molecule has 3 heterocycles. The molecule has 0 bridgehead atoms. The number of aromatic nitrogens is 4. The quantitative estimate of drug-likeness (QED) is 0.284. The predicted octanol–water partition coefficient (Wildman–Crippen LogP) is 4.18. The summed E-state index contributed by atoms with van der Waals surface area (Å²) >= 11 is 2.78. The van der Waals surface area contributed by atoms with Crippen molar-refractivity contribution in [2.75, 3.05) is 5.75 Å².